The summed E-state index contributed by atoms with van der Waals surface area (Å²) in [5, 5.41) is 4.69. The highest BCUT2D eigenvalue weighted by Crippen LogP contribution is 2.35. The van der Waals surface area contributed by atoms with Crippen molar-refractivity contribution in [2.24, 2.45) is 5.10 Å². The van der Waals surface area contributed by atoms with Crippen molar-refractivity contribution in [2.45, 2.75) is 6.61 Å². The molecule has 0 fully saturated rings. The number of methoxy groups -OCH3 is 2. The Morgan fingerprint density at radius 2 is 1.66 bits per heavy atom. The summed E-state index contributed by atoms with van der Waals surface area (Å²) >= 11 is 13.2. The molecule has 9 heteroatoms. The smallest absolute Gasteiger partial charge is 0.271 e. The molecule has 0 saturated carbocycles. The van der Waals surface area contributed by atoms with Gasteiger partial charge in [-0.3, -0.25) is 4.79 Å². The monoisotopic (exact) mass is 580 g/mol. The highest BCUT2D eigenvalue weighted by molar-refractivity contribution is 9.11. The number of amides is 1. The molecule has 3 aromatic rings. The summed E-state index contributed by atoms with van der Waals surface area (Å²) in [7, 11) is 3.04. The molecule has 0 aliphatic rings. The maximum absolute atomic E-state index is 12.4. The molecule has 1 N–H and O–H groups in total. The second-order valence-electron chi connectivity index (χ2n) is 6.49. The van der Waals surface area contributed by atoms with Gasteiger partial charge in [0.15, 0.2) is 0 Å². The van der Waals surface area contributed by atoms with Crippen LogP contribution in [0.5, 0.6) is 17.2 Å². The lowest BCUT2D eigenvalue weighted by atomic mass is 10.2. The Morgan fingerprint density at radius 3 is 2.25 bits per heavy atom. The van der Waals surface area contributed by atoms with Crippen LogP contribution in [0.1, 0.15) is 21.5 Å². The molecule has 6 nitrogen and oxygen atoms in total. The Labute approximate surface area is 207 Å². The molecule has 0 radical (unpaired) electrons. The third-order valence-electron chi connectivity index (χ3n) is 4.34. The Balaban J connectivity index is 1.67. The summed E-state index contributed by atoms with van der Waals surface area (Å²) < 4.78 is 17.7. The van der Waals surface area contributed by atoms with Gasteiger partial charge in [-0.25, -0.2) is 5.43 Å². The fraction of sp³-hybridized carbons (Fsp3) is 0.130. The van der Waals surface area contributed by atoms with Crippen molar-refractivity contribution in [3.8, 4) is 17.2 Å². The van der Waals surface area contributed by atoms with Gasteiger partial charge in [0, 0.05) is 22.2 Å². The van der Waals surface area contributed by atoms with Crippen LogP contribution in [0.15, 0.2) is 68.6 Å². The Morgan fingerprint density at radius 1 is 1.03 bits per heavy atom. The SMILES string of the molecule is COc1cc(OC)cc(C(=O)N/N=C\c2cc(Br)c(OCc3ccccc3Cl)c(Br)c2)c1. The van der Waals surface area contributed by atoms with Gasteiger partial charge in [0.25, 0.3) is 5.91 Å². The highest BCUT2D eigenvalue weighted by atomic mass is 79.9. The molecule has 3 aromatic carbocycles. The van der Waals surface area contributed by atoms with Crippen LogP contribution in [0.2, 0.25) is 5.02 Å². The van der Waals surface area contributed by atoms with Crippen molar-refractivity contribution in [3.05, 3.63) is 85.3 Å². The normalized spacial score (nSPS) is 10.8. The van der Waals surface area contributed by atoms with Gasteiger partial charge in [-0.05, 0) is 67.8 Å². The second kappa shape index (κ2) is 11.4. The van der Waals surface area contributed by atoms with Crippen LogP contribution >= 0.6 is 43.5 Å². The fourth-order valence-electron chi connectivity index (χ4n) is 2.73. The van der Waals surface area contributed by atoms with Crippen LogP contribution < -0.4 is 19.6 Å². The zero-order valence-corrected chi connectivity index (χ0v) is 21.1. The number of hydrogen-bond donors (Lipinski definition) is 1. The Kier molecular flexibility index (Phi) is 8.55. The van der Waals surface area contributed by atoms with Crippen molar-refractivity contribution in [1.29, 1.82) is 0 Å². The zero-order valence-electron chi connectivity index (χ0n) is 17.2. The van der Waals surface area contributed by atoms with E-state index < -0.39 is 5.91 Å². The van der Waals surface area contributed by atoms with E-state index in [1.807, 2.05) is 36.4 Å². The van der Waals surface area contributed by atoms with E-state index in [-0.39, 0.29) is 0 Å². The first kappa shape index (κ1) is 24.1. The molecule has 0 saturated heterocycles. The quantitative estimate of drug-likeness (QED) is 0.253. The number of nitrogens with one attached hydrogen (secondary N) is 1. The molecule has 1 amide bonds. The first-order valence-corrected chi connectivity index (χ1v) is 11.3. The van der Waals surface area contributed by atoms with Gasteiger partial charge in [-0.15, -0.1) is 0 Å². The van der Waals surface area contributed by atoms with Crippen molar-refractivity contribution >= 4 is 55.6 Å². The number of nitrogens with zero attached hydrogens (tertiary/aromatic N) is 1. The third-order valence-corrected chi connectivity index (χ3v) is 5.89. The van der Waals surface area contributed by atoms with Gasteiger partial charge < -0.3 is 14.2 Å². The fourth-order valence-corrected chi connectivity index (χ4v) is 4.37. The molecule has 0 aromatic heterocycles. The van der Waals surface area contributed by atoms with Crippen LogP contribution in [0.4, 0.5) is 0 Å². The van der Waals surface area contributed by atoms with E-state index >= 15 is 0 Å². The van der Waals surface area contributed by atoms with E-state index in [0.717, 1.165) is 20.1 Å². The minimum Gasteiger partial charge on any atom is -0.497 e. The summed E-state index contributed by atoms with van der Waals surface area (Å²) in [4.78, 5) is 12.4. The van der Waals surface area contributed by atoms with Crippen molar-refractivity contribution < 1.29 is 19.0 Å². The summed E-state index contributed by atoms with van der Waals surface area (Å²) in [6.07, 6.45) is 1.53. The summed E-state index contributed by atoms with van der Waals surface area (Å²) in [6, 6.07) is 16.1. The molecule has 0 aliphatic carbocycles. The van der Waals surface area contributed by atoms with Gasteiger partial charge in [0.1, 0.15) is 23.9 Å². The molecule has 0 spiro atoms. The van der Waals surface area contributed by atoms with Crippen LogP contribution in [0, 0.1) is 0 Å². The minimum atomic E-state index is -0.392. The first-order valence-electron chi connectivity index (χ1n) is 9.33. The van der Waals surface area contributed by atoms with Gasteiger partial charge >= 0.3 is 0 Å². The number of carbonyl (C=O) groups is 1. The van der Waals surface area contributed by atoms with Crippen LogP contribution in [-0.4, -0.2) is 26.3 Å². The molecule has 3 rings (SSSR count). The lowest BCUT2D eigenvalue weighted by Gasteiger charge is -2.12. The summed E-state index contributed by atoms with van der Waals surface area (Å²) in [5.41, 5.74) is 4.50. The summed E-state index contributed by atoms with van der Waals surface area (Å²) in [5.74, 6) is 1.27. The standard InChI is InChI=1S/C23H19Br2ClN2O4/c1-30-17-9-16(10-18(11-17)31-2)23(29)28-27-12-14-7-19(24)22(20(25)8-14)32-13-15-5-3-4-6-21(15)26/h3-12H,13H2,1-2H3,(H,28,29)/b27-12-. The average molecular weight is 583 g/mol. The third kappa shape index (κ3) is 6.25. The summed E-state index contributed by atoms with van der Waals surface area (Å²) in [6.45, 7) is 0.324. The van der Waals surface area contributed by atoms with Gasteiger partial charge in [-0.1, -0.05) is 29.8 Å². The van der Waals surface area contributed by atoms with E-state index in [4.69, 9.17) is 25.8 Å². The van der Waals surface area contributed by atoms with Crippen LogP contribution in [0.25, 0.3) is 0 Å². The topological polar surface area (TPSA) is 69.2 Å². The maximum atomic E-state index is 12.4. The number of carbonyl (C=O) groups excluding carboxylic acids is 1. The predicted octanol–water partition coefficient (Wildman–Crippen LogP) is 6.23. The molecular weight excluding hydrogens is 564 g/mol. The molecule has 0 heterocycles. The number of hydrazone groups is 1. The van der Waals surface area contributed by atoms with Gasteiger partial charge in [0.05, 0.1) is 29.4 Å². The van der Waals surface area contributed by atoms with E-state index in [2.05, 4.69) is 42.4 Å². The van der Waals surface area contributed by atoms with E-state index in [1.54, 1.807) is 18.2 Å². The molecule has 32 heavy (non-hydrogen) atoms. The minimum absolute atomic E-state index is 0.324. The van der Waals surface area contributed by atoms with Crippen molar-refractivity contribution in [3.63, 3.8) is 0 Å². The van der Waals surface area contributed by atoms with E-state index in [9.17, 15) is 4.79 Å². The number of hydrogen-bond acceptors (Lipinski definition) is 5. The molecular formula is C23H19Br2ClN2O4. The molecule has 0 unspecified atom stereocenters. The van der Waals surface area contributed by atoms with Crippen LogP contribution in [0.3, 0.4) is 0 Å². The maximum Gasteiger partial charge on any atom is 0.271 e. The van der Waals surface area contributed by atoms with Gasteiger partial charge in [-0.2, -0.15) is 5.10 Å². The molecule has 0 atom stereocenters. The molecule has 166 valence electrons. The second-order valence-corrected chi connectivity index (χ2v) is 8.61. The van der Waals surface area contributed by atoms with E-state index in [1.165, 1.54) is 20.4 Å². The molecule has 0 bridgehead atoms. The van der Waals surface area contributed by atoms with E-state index in [0.29, 0.717) is 34.4 Å². The van der Waals surface area contributed by atoms with Crippen LogP contribution in [-0.2, 0) is 6.61 Å². The first-order chi connectivity index (χ1) is 15.4. The molecule has 0 aliphatic heterocycles. The number of benzene rings is 3. The lowest BCUT2D eigenvalue weighted by molar-refractivity contribution is 0.0954. The van der Waals surface area contributed by atoms with Crippen molar-refractivity contribution in [2.75, 3.05) is 14.2 Å². The Bertz CT molecular complexity index is 1110. The number of ether oxygens (including phenoxy) is 3. The Hall–Kier alpha value is -2.55. The zero-order chi connectivity index (χ0) is 23.1. The lowest BCUT2D eigenvalue weighted by Crippen LogP contribution is -2.17. The number of halogens is 3. The number of rotatable bonds is 8. The highest BCUT2D eigenvalue weighted by Gasteiger charge is 2.11. The average Bonchev–Trinajstić information content (AvgIpc) is 2.79. The predicted molar refractivity (Wildman–Crippen MR) is 132 cm³/mol. The van der Waals surface area contributed by atoms with Gasteiger partial charge in [0.2, 0.25) is 0 Å². The van der Waals surface area contributed by atoms with Crippen molar-refractivity contribution in [1.82, 2.24) is 5.43 Å². The largest absolute Gasteiger partial charge is 0.497 e.